The molecule has 0 saturated heterocycles. The average Bonchev–Trinajstić information content (AvgIpc) is 2.87. The molecule has 0 aliphatic heterocycles. The Hall–Kier alpha value is -2.05. The number of anilines is 1. The standard InChI is InChI=1S/C14H12ClNO4S/c1-20-10-3-2-9(15)6-8(10)7-12(17)16-13-5-4-11(21-13)14(18)19/h2-6H,7H2,1H3,(H,16,17)(H,18,19). The first kappa shape index (κ1) is 15.3. The number of ether oxygens (including phenoxy) is 1. The lowest BCUT2D eigenvalue weighted by Crippen LogP contribution is -2.14. The first-order chi connectivity index (χ1) is 9.99. The van der Waals surface area contributed by atoms with Crippen LogP contribution in [0.2, 0.25) is 5.02 Å². The van der Waals surface area contributed by atoms with Gasteiger partial charge in [0.15, 0.2) is 0 Å². The fourth-order valence-corrected chi connectivity index (χ4v) is 2.72. The van der Waals surface area contributed by atoms with Crippen molar-refractivity contribution in [2.24, 2.45) is 0 Å². The van der Waals surface area contributed by atoms with Crippen molar-refractivity contribution in [3.05, 3.63) is 45.8 Å². The van der Waals surface area contributed by atoms with E-state index in [-0.39, 0.29) is 17.2 Å². The second kappa shape index (κ2) is 6.60. The Kier molecular flexibility index (Phi) is 4.82. The molecule has 1 aromatic carbocycles. The maximum absolute atomic E-state index is 12.0. The molecule has 0 atom stereocenters. The molecule has 0 aliphatic rings. The highest BCUT2D eigenvalue weighted by Crippen LogP contribution is 2.25. The summed E-state index contributed by atoms with van der Waals surface area (Å²) in [6.07, 6.45) is 0.0873. The smallest absolute Gasteiger partial charge is 0.345 e. The van der Waals surface area contributed by atoms with E-state index in [9.17, 15) is 9.59 Å². The third kappa shape index (κ3) is 3.96. The van der Waals surface area contributed by atoms with Gasteiger partial charge in [-0.25, -0.2) is 4.79 Å². The number of hydrogen-bond donors (Lipinski definition) is 2. The molecule has 0 spiro atoms. The lowest BCUT2D eigenvalue weighted by atomic mass is 10.1. The summed E-state index contributed by atoms with van der Waals surface area (Å²) in [5.41, 5.74) is 0.664. The fraction of sp³-hybridized carbons (Fsp3) is 0.143. The number of carboxylic acid groups (broad SMARTS) is 1. The van der Waals surface area contributed by atoms with E-state index in [4.69, 9.17) is 21.4 Å². The number of nitrogens with one attached hydrogen (secondary N) is 1. The van der Waals surface area contributed by atoms with Gasteiger partial charge in [-0.2, -0.15) is 0 Å². The second-order valence-electron chi connectivity index (χ2n) is 4.15. The topological polar surface area (TPSA) is 75.6 Å². The SMILES string of the molecule is COc1ccc(Cl)cc1CC(=O)Nc1ccc(C(=O)O)s1. The zero-order valence-corrected chi connectivity index (χ0v) is 12.6. The van der Waals surface area contributed by atoms with Crippen LogP contribution in [0.4, 0.5) is 5.00 Å². The van der Waals surface area contributed by atoms with Gasteiger partial charge in [-0.1, -0.05) is 11.6 Å². The summed E-state index contributed by atoms with van der Waals surface area (Å²) in [7, 11) is 1.52. The molecule has 7 heteroatoms. The predicted molar refractivity (Wildman–Crippen MR) is 81.6 cm³/mol. The van der Waals surface area contributed by atoms with Gasteiger partial charge in [0.05, 0.1) is 18.5 Å². The summed E-state index contributed by atoms with van der Waals surface area (Å²) < 4.78 is 5.17. The summed E-state index contributed by atoms with van der Waals surface area (Å²) in [5, 5.41) is 12.5. The molecule has 1 heterocycles. The summed E-state index contributed by atoms with van der Waals surface area (Å²) in [4.78, 5) is 22.9. The van der Waals surface area contributed by atoms with E-state index >= 15 is 0 Å². The molecule has 2 N–H and O–H groups in total. The Balaban J connectivity index is 2.07. The van der Waals surface area contributed by atoms with Crippen LogP contribution >= 0.6 is 22.9 Å². The molecule has 0 aliphatic carbocycles. The normalized spacial score (nSPS) is 10.2. The minimum atomic E-state index is -1.02. The van der Waals surface area contributed by atoms with E-state index in [1.54, 1.807) is 24.3 Å². The van der Waals surface area contributed by atoms with Gasteiger partial charge >= 0.3 is 5.97 Å². The summed E-state index contributed by atoms with van der Waals surface area (Å²) in [6, 6.07) is 8.04. The van der Waals surface area contributed by atoms with Crippen LogP contribution in [0.15, 0.2) is 30.3 Å². The molecule has 5 nitrogen and oxygen atoms in total. The monoisotopic (exact) mass is 325 g/mol. The van der Waals surface area contributed by atoms with E-state index in [0.717, 1.165) is 11.3 Å². The van der Waals surface area contributed by atoms with Crippen molar-refractivity contribution < 1.29 is 19.4 Å². The molecule has 0 unspecified atom stereocenters. The van der Waals surface area contributed by atoms with Crippen molar-refractivity contribution in [3.63, 3.8) is 0 Å². The molecule has 2 aromatic rings. The Labute approximate surface area is 130 Å². The number of carboxylic acids is 1. The highest BCUT2D eigenvalue weighted by molar-refractivity contribution is 7.18. The van der Waals surface area contributed by atoms with Crippen LogP contribution in [0, 0.1) is 0 Å². The Bertz CT molecular complexity index is 683. The van der Waals surface area contributed by atoms with Crippen molar-refractivity contribution in [1.29, 1.82) is 0 Å². The molecule has 110 valence electrons. The number of hydrogen-bond acceptors (Lipinski definition) is 4. The van der Waals surface area contributed by atoms with Gasteiger partial charge in [0.2, 0.25) is 5.91 Å². The van der Waals surface area contributed by atoms with Crippen LogP contribution in [-0.4, -0.2) is 24.1 Å². The van der Waals surface area contributed by atoms with Gasteiger partial charge in [0.25, 0.3) is 0 Å². The van der Waals surface area contributed by atoms with Crippen LogP contribution in [-0.2, 0) is 11.2 Å². The Morgan fingerprint density at radius 1 is 1.33 bits per heavy atom. The van der Waals surface area contributed by atoms with Crippen molar-refractivity contribution in [2.45, 2.75) is 6.42 Å². The maximum atomic E-state index is 12.0. The average molecular weight is 326 g/mol. The highest BCUT2D eigenvalue weighted by Gasteiger charge is 2.12. The number of methoxy groups -OCH3 is 1. The van der Waals surface area contributed by atoms with E-state index in [0.29, 0.717) is 21.3 Å². The quantitative estimate of drug-likeness (QED) is 0.884. The fourth-order valence-electron chi connectivity index (χ4n) is 1.76. The van der Waals surface area contributed by atoms with E-state index < -0.39 is 5.97 Å². The second-order valence-corrected chi connectivity index (χ2v) is 5.67. The van der Waals surface area contributed by atoms with Crippen LogP contribution in [0.5, 0.6) is 5.75 Å². The minimum absolute atomic E-state index is 0.0873. The first-order valence-corrected chi connectivity index (χ1v) is 7.14. The number of rotatable bonds is 5. The van der Waals surface area contributed by atoms with Crippen LogP contribution in [0.1, 0.15) is 15.2 Å². The van der Waals surface area contributed by atoms with E-state index in [2.05, 4.69) is 5.32 Å². The summed E-state index contributed by atoms with van der Waals surface area (Å²) in [5.74, 6) is -0.710. The lowest BCUT2D eigenvalue weighted by molar-refractivity contribution is -0.115. The van der Waals surface area contributed by atoms with Gasteiger partial charge in [0, 0.05) is 10.6 Å². The zero-order valence-electron chi connectivity index (χ0n) is 11.1. The maximum Gasteiger partial charge on any atom is 0.345 e. The molecule has 0 bridgehead atoms. The Morgan fingerprint density at radius 2 is 2.10 bits per heavy atom. The molecular weight excluding hydrogens is 314 g/mol. The van der Waals surface area contributed by atoms with E-state index in [1.807, 2.05) is 0 Å². The van der Waals surface area contributed by atoms with E-state index in [1.165, 1.54) is 13.2 Å². The van der Waals surface area contributed by atoms with Gasteiger partial charge in [-0.15, -0.1) is 11.3 Å². The number of carbonyl (C=O) groups excluding carboxylic acids is 1. The molecule has 0 fully saturated rings. The van der Waals surface area contributed by atoms with Crippen molar-refractivity contribution >= 4 is 39.8 Å². The predicted octanol–water partition coefficient (Wildman–Crippen LogP) is 3.29. The van der Waals surface area contributed by atoms with Crippen LogP contribution in [0.3, 0.4) is 0 Å². The highest BCUT2D eigenvalue weighted by atomic mass is 35.5. The number of carbonyl (C=O) groups is 2. The van der Waals surface area contributed by atoms with Gasteiger partial charge < -0.3 is 15.2 Å². The Morgan fingerprint density at radius 3 is 2.71 bits per heavy atom. The molecule has 1 amide bonds. The largest absolute Gasteiger partial charge is 0.496 e. The minimum Gasteiger partial charge on any atom is -0.496 e. The lowest BCUT2D eigenvalue weighted by Gasteiger charge is -2.08. The van der Waals surface area contributed by atoms with Gasteiger partial charge in [0.1, 0.15) is 10.6 Å². The zero-order chi connectivity index (χ0) is 15.4. The number of benzene rings is 1. The number of thiophene rings is 1. The van der Waals surface area contributed by atoms with Gasteiger partial charge in [-0.05, 0) is 30.3 Å². The molecule has 1 aromatic heterocycles. The molecule has 0 saturated carbocycles. The number of aromatic carboxylic acids is 1. The third-order valence-electron chi connectivity index (χ3n) is 2.67. The van der Waals surface area contributed by atoms with Crippen LogP contribution in [0.25, 0.3) is 0 Å². The van der Waals surface area contributed by atoms with Crippen molar-refractivity contribution in [1.82, 2.24) is 0 Å². The summed E-state index contributed by atoms with van der Waals surface area (Å²) >= 11 is 6.91. The third-order valence-corrected chi connectivity index (χ3v) is 3.90. The molecule has 0 radical (unpaired) electrons. The summed E-state index contributed by atoms with van der Waals surface area (Å²) in [6.45, 7) is 0. The molecular formula is C14H12ClNO4S. The molecule has 21 heavy (non-hydrogen) atoms. The van der Waals surface area contributed by atoms with Crippen molar-refractivity contribution in [2.75, 3.05) is 12.4 Å². The number of halogens is 1. The van der Waals surface area contributed by atoms with Crippen LogP contribution < -0.4 is 10.1 Å². The molecule has 2 rings (SSSR count). The van der Waals surface area contributed by atoms with Gasteiger partial charge in [-0.3, -0.25) is 4.79 Å². The first-order valence-electron chi connectivity index (χ1n) is 5.95. The number of amides is 1. The van der Waals surface area contributed by atoms with Crippen molar-refractivity contribution in [3.8, 4) is 5.75 Å².